The Kier molecular flexibility index (Phi) is 9.32. The SMILES string of the molecule is CC.CCC.CN(C)CCC1(C)Cc2ccccc2O1. The van der Waals surface area contributed by atoms with Gasteiger partial charge < -0.3 is 9.64 Å². The van der Waals surface area contributed by atoms with Crippen molar-refractivity contribution in [1.82, 2.24) is 4.90 Å². The molecule has 0 saturated carbocycles. The molecule has 0 fully saturated rings. The lowest BCUT2D eigenvalue weighted by molar-refractivity contribution is 0.0957. The number of para-hydroxylation sites is 1. The van der Waals surface area contributed by atoms with Crippen LogP contribution in [0, 0.1) is 0 Å². The molecule has 2 heteroatoms. The van der Waals surface area contributed by atoms with Crippen molar-refractivity contribution in [2.75, 3.05) is 20.6 Å². The quantitative estimate of drug-likeness (QED) is 0.790. The first kappa shape index (κ1) is 19.0. The smallest absolute Gasteiger partial charge is 0.123 e. The van der Waals surface area contributed by atoms with Crippen molar-refractivity contribution >= 4 is 0 Å². The fraction of sp³-hybridized carbons (Fsp3) is 0.667. The first-order valence-corrected chi connectivity index (χ1v) is 7.92. The molecule has 2 nitrogen and oxygen atoms in total. The number of hydrogen-bond donors (Lipinski definition) is 0. The number of benzene rings is 1. The predicted molar refractivity (Wildman–Crippen MR) is 89.7 cm³/mol. The van der Waals surface area contributed by atoms with E-state index >= 15 is 0 Å². The molecule has 116 valence electrons. The van der Waals surface area contributed by atoms with Crippen LogP contribution in [-0.4, -0.2) is 31.1 Å². The molecule has 1 aromatic rings. The Balaban J connectivity index is 0.000000641. The average Bonchev–Trinajstić information content (AvgIpc) is 2.76. The summed E-state index contributed by atoms with van der Waals surface area (Å²) in [5.41, 5.74) is 1.34. The molecule has 2 rings (SSSR count). The fourth-order valence-electron chi connectivity index (χ4n) is 2.05. The molecule has 1 aromatic carbocycles. The van der Waals surface area contributed by atoms with Crippen LogP contribution in [0.15, 0.2) is 24.3 Å². The molecule has 0 amide bonds. The predicted octanol–water partition coefficient (Wildman–Crippen LogP) is 4.77. The molecular weight excluding hydrogens is 246 g/mol. The summed E-state index contributed by atoms with van der Waals surface area (Å²) in [7, 11) is 4.21. The van der Waals surface area contributed by atoms with Crippen LogP contribution in [0.2, 0.25) is 0 Å². The monoisotopic (exact) mass is 279 g/mol. The third-order valence-electron chi connectivity index (χ3n) is 2.98. The molecule has 0 spiro atoms. The van der Waals surface area contributed by atoms with Gasteiger partial charge in [0.1, 0.15) is 11.4 Å². The third kappa shape index (κ3) is 6.42. The molecular formula is C18H33NO. The first-order valence-electron chi connectivity index (χ1n) is 7.92. The van der Waals surface area contributed by atoms with E-state index < -0.39 is 0 Å². The first-order chi connectivity index (χ1) is 9.50. The van der Waals surface area contributed by atoms with Crippen molar-refractivity contribution in [2.45, 2.75) is 59.5 Å². The highest BCUT2D eigenvalue weighted by atomic mass is 16.5. The zero-order valence-corrected chi connectivity index (χ0v) is 14.5. The largest absolute Gasteiger partial charge is 0.487 e. The van der Waals surface area contributed by atoms with E-state index in [0.717, 1.165) is 25.1 Å². The van der Waals surface area contributed by atoms with Gasteiger partial charge in [0, 0.05) is 13.0 Å². The maximum Gasteiger partial charge on any atom is 0.123 e. The van der Waals surface area contributed by atoms with Crippen molar-refractivity contribution < 1.29 is 4.74 Å². The van der Waals surface area contributed by atoms with E-state index in [1.165, 1.54) is 12.0 Å². The Morgan fingerprint density at radius 3 is 2.20 bits per heavy atom. The van der Waals surface area contributed by atoms with Gasteiger partial charge >= 0.3 is 0 Å². The van der Waals surface area contributed by atoms with Gasteiger partial charge in [-0.3, -0.25) is 0 Å². The summed E-state index contributed by atoms with van der Waals surface area (Å²) in [6, 6.07) is 8.35. The normalized spacial score (nSPS) is 19.2. The molecule has 1 aliphatic heterocycles. The summed E-state index contributed by atoms with van der Waals surface area (Å²) >= 11 is 0. The molecule has 0 radical (unpaired) electrons. The van der Waals surface area contributed by atoms with Gasteiger partial charge in [0.2, 0.25) is 0 Å². The Hall–Kier alpha value is -1.02. The van der Waals surface area contributed by atoms with Crippen LogP contribution in [0.1, 0.15) is 53.0 Å². The van der Waals surface area contributed by atoms with E-state index in [0.29, 0.717) is 0 Å². The zero-order chi connectivity index (χ0) is 15.6. The van der Waals surface area contributed by atoms with Crippen molar-refractivity contribution in [3.8, 4) is 5.75 Å². The lowest BCUT2D eigenvalue weighted by Gasteiger charge is -2.25. The van der Waals surface area contributed by atoms with Gasteiger partial charge in [-0.2, -0.15) is 0 Å². The number of rotatable bonds is 3. The summed E-state index contributed by atoms with van der Waals surface area (Å²) in [5, 5.41) is 0. The van der Waals surface area contributed by atoms with Gasteiger partial charge in [-0.05, 0) is 39.1 Å². The highest BCUT2D eigenvalue weighted by molar-refractivity contribution is 5.38. The van der Waals surface area contributed by atoms with E-state index in [-0.39, 0.29) is 5.60 Å². The molecule has 0 saturated heterocycles. The third-order valence-corrected chi connectivity index (χ3v) is 2.98. The summed E-state index contributed by atoms with van der Waals surface area (Å²) < 4.78 is 6.02. The number of nitrogens with zero attached hydrogens (tertiary/aromatic N) is 1. The van der Waals surface area contributed by atoms with Gasteiger partial charge in [-0.25, -0.2) is 0 Å². The van der Waals surface area contributed by atoms with Crippen LogP contribution >= 0.6 is 0 Å². The molecule has 0 bridgehead atoms. The average molecular weight is 279 g/mol. The molecule has 1 atom stereocenters. The van der Waals surface area contributed by atoms with Crippen molar-refractivity contribution in [3.63, 3.8) is 0 Å². The standard InChI is InChI=1S/C13H19NO.C3H8.C2H6/c1-13(8-9-14(2)3)10-11-6-4-5-7-12(11)15-13;1-3-2;1-2/h4-7H,8-10H2,1-3H3;3H2,1-2H3;1-2H3. The molecule has 1 aliphatic rings. The molecule has 1 heterocycles. The highest BCUT2D eigenvalue weighted by Crippen LogP contribution is 2.36. The Morgan fingerprint density at radius 2 is 1.70 bits per heavy atom. The van der Waals surface area contributed by atoms with E-state index in [1.54, 1.807) is 0 Å². The van der Waals surface area contributed by atoms with Crippen LogP contribution in [0.25, 0.3) is 0 Å². The zero-order valence-electron chi connectivity index (χ0n) is 14.5. The summed E-state index contributed by atoms with van der Waals surface area (Å²) in [6.07, 6.45) is 3.37. The second-order valence-electron chi connectivity index (χ2n) is 5.60. The minimum absolute atomic E-state index is 0.00600. The van der Waals surface area contributed by atoms with Crippen LogP contribution in [0.4, 0.5) is 0 Å². The van der Waals surface area contributed by atoms with Crippen LogP contribution < -0.4 is 4.74 Å². The van der Waals surface area contributed by atoms with Gasteiger partial charge in [-0.15, -0.1) is 0 Å². The molecule has 1 unspecified atom stereocenters. The number of fused-ring (bicyclic) bond motifs is 1. The number of hydrogen-bond acceptors (Lipinski definition) is 2. The van der Waals surface area contributed by atoms with Crippen molar-refractivity contribution in [1.29, 1.82) is 0 Å². The van der Waals surface area contributed by atoms with Gasteiger partial charge in [-0.1, -0.05) is 52.3 Å². The Bertz CT molecular complexity index is 335. The van der Waals surface area contributed by atoms with Gasteiger partial charge in [0.25, 0.3) is 0 Å². The lowest BCUT2D eigenvalue weighted by atomic mass is 9.96. The molecule has 0 N–H and O–H groups in total. The molecule has 20 heavy (non-hydrogen) atoms. The maximum atomic E-state index is 6.02. The summed E-state index contributed by atoms with van der Waals surface area (Å²) in [4.78, 5) is 2.21. The Labute approximate surface area is 126 Å². The topological polar surface area (TPSA) is 12.5 Å². The van der Waals surface area contributed by atoms with E-state index in [4.69, 9.17) is 4.74 Å². The number of ether oxygens (including phenoxy) is 1. The molecule has 0 aromatic heterocycles. The van der Waals surface area contributed by atoms with E-state index in [1.807, 2.05) is 19.9 Å². The summed E-state index contributed by atoms with van der Waals surface area (Å²) in [6.45, 7) is 11.5. The highest BCUT2D eigenvalue weighted by Gasteiger charge is 2.33. The lowest BCUT2D eigenvalue weighted by Crippen LogP contribution is -2.34. The summed E-state index contributed by atoms with van der Waals surface area (Å²) in [5.74, 6) is 1.07. The Morgan fingerprint density at radius 1 is 1.15 bits per heavy atom. The van der Waals surface area contributed by atoms with Crippen molar-refractivity contribution in [3.05, 3.63) is 29.8 Å². The molecule has 0 aliphatic carbocycles. The minimum Gasteiger partial charge on any atom is -0.487 e. The minimum atomic E-state index is -0.00600. The second-order valence-corrected chi connectivity index (χ2v) is 5.60. The van der Waals surface area contributed by atoms with Gasteiger partial charge in [0.15, 0.2) is 0 Å². The fourth-order valence-corrected chi connectivity index (χ4v) is 2.05. The second kappa shape index (κ2) is 9.82. The van der Waals surface area contributed by atoms with E-state index in [2.05, 4.69) is 58.0 Å². The maximum absolute atomic E-state index is 6.02. The van der Waals surface area contributed by atoms with E-state index in [9.17, 15) is 0 Å². The van der Waals surface area contributed by atoms with Crippen LogP contribution in [-0.2, 0) is 6.42 Å². The van der Waals surface area contributed by atoms with Crippen molar-refractivity contribution in [2.24, 2.45) is 0 Å². The van der Waals surface area contributed by atoms with Gasteiger partial charge in [0.05, 0.1) is 0 Å². The van der Waals surface area contributed by atoms with Crippen LogP contribution in [0.3, 0.4) is 0 Å². The van der Waals surface area contributed by atoms with Crippen LogP contribution in [0.5, 0.6) is 5.75 Å².